The fourth-order valence-electron chi connectivity index (χ4n) is 4.05. The summed E-state index contributed by atoms with van der Waals surface area (Å²) in [4.78, 5) is 13.2. The maximum absolute atomic E-state index is 9.53. The van der Waals surface area contributed by atoms with Crippen LogP contribution in [0.1, 0.15) is 42.5 Å². The number of aromatic amines is 1. The lowest BCUT2D eigenvalue weighted by Gasteiger charge is -2.41. The van der Waals surface area contributed by atoms with E-state index in [2.05, 4.69) is 59.0 Å². The van der Waals surface area contributed by atoms with Crippen LogP contribution in [0.25, 0.3) is 0 Å². The van der Waals surface area contributed by atoms with Crippen molar-refractivity contribution in [2.24, 2.45) is 0 Å². The molecule has 5 nitrogen and oxygen atoms in total. The van der Waals surface area contributed by atoms with E-state index in [0.717, 1.165) is 57.8 Å². The first-order valence-electron chi connectivity index (χ1n) is 10.3. The SMILES string of the molecule is CCc1nc(CN2CCN(CCCc3ccccc3)[C@@H](CCO)C2)c(C)[nH]1. The molecule has 2 N–H and O–H groups in total. The van der Waals surface area contributed by atoms with Crippen LogP contribution in [-0.4, -0.2) is 63.7 Å². The number of aliphatic hydroxyl groups is 1. The Balaban J connectivity index is 1.52. The van der Waals surface area contributed by atoms with Gasteiger partial charge in [0.25, 0.3) is 0 Å². The van der Waals surface area contributed by atoms with Crippen LogP contribution in [0, 0.1) is 6.92 Å². The number of hydrogen-bond acceptors (Lipinski definition) is 4. The summed E-state index contributed by atoms with van der Waals surface area (Å²) in [5, 5.41) is 9.53. The number of piperazine rings is 1. The van der Waals surface area contributed by atoms with Gasteiger partial charge in [0, 0.05) is 50.9 Å². The van der Waals surface area contributed by atoms with Gasteiger partial charge in [-0.3, -0.25) is 9.80 Å². The number of aryl methyl sites for hydroxylation is 3. The monoisotopic (exact) mass is 370 g/mol. The molecule has 148 valence electrons. The summed E-state index contributed by atoms with van der Waals surface area (Å²) in [7, 11) is 0. The van der Waals surface area contributed by atoms with Crippen molar-refractivity contribution >= 4 is 0 Å². The van der Waals surface area contributed by atoms with E-state index in [4.69, 9.17) is 4.98 Å². The van der Waals surface area contributed by atoms with Gasteiger partial charge in [0.15, 0.2) is 0 Å². The molecule has 1 aromatic carbocycles. The third kappa shape index (κ3) is 5.64. The van der Waals surface area contributed by atoms with E-state index in [9.17, 15) is 5.11 Å². The molecule has 2 heterocycles. The lowest BCUT2D eigenvalue weighted by molar-refractivity contribution is 0.0540. The minimum Gasteiger partial charge on any atom is -0.396 e. The van der Waals surface area contributed by atoms with Gasteiger partial charge in [-0.1, -0.05) is 37.3 Å². The van der Waals surface area contributed by atoms with Crippen LogP contribution in [0.15, 0.2) is 30.3 Å². The normalized spacial score (nSPS) is 18.9. The quantitative estimate of drug-likeness (QED) is 0.713. The second-order valence-corrected chi connectivity index (χ2v) is 7.64. The van der Waals surface area contributed by atoms with Crippen molar-refractivity contribution in [2.75, 3.05) is 32.8 Å². The minimum atomic E-state index is 0.259. The zero-order chi connectivity index (χ0) is 19.1. The number of aliphatic hydroxyl groups excluding tert-OH is 1. The summed E-state index contributed by atoms with van der Waals surface area (Å²) in [6.07, 6.45) is 4.09. The lowest BCUT2D eigenvalue weighted by Crippen LogP contribution is -2.53. The Kier molecular flexibility index (Phi) is 7.44. The number of imidazole rings is 1. The van der Waals surface area contributed by atoms with E-state index in [-0.39, 0.29) is 6.61 Å². The Hall–Kier alpha value is -1.69. The van der Waals surface area contributed by atoms with E-state index in [1.54, 1.807) is 0 Å². The zero-order valence-corrected chi connectivity index (χ0v) is 16.8. The summed E-state index contributed by atoms with van der Waals surface area (Å²) in [6.45, 7) is 9.68. The molecule has 1 aromatic heterocycles. The van der Waals surface area contributed by atoms with E-state index >= 15 is 0 Å². The van der Waals surface area contributed by atoms with Crippen LogP contribution in [0.3, 0.4) is 0 Å². The highest BCUT2D eigenvalue weighted by atomic mass is 16.3. The Morgan fingerprint density at radius 3 is 2.74 bits per heavy atom. The average Bonchev–Trinajstić information content (AvgIpc) is 3.04. The first-order chi connectivity index (χ1) is 13.2. The third-order valence-electron chi connectivity index (χ3n) is 5.65. The van der Waals surface area contributed by atoms with Crippen molar-refractivity contribution in [3.05, 3.63) is 53.1 Å². The number of hydrogen-bond donors (Lipinski definition) is 2. The summed E-state index contributed by atoms with van der Waals surface area (Å²) >= 11 is 0. The molecule has 1 saturated heterocycles. The third-order valence-corrected chi connectivity index (χ3v) is 5.65. The van der Waals surface area contributed by atoms with Gasteiger partial charge in [-0.15, -0.1) is 0 Å². The highest BCUT2D eigenvalue weighted by Crippen LogP contribution is 2.17. The number of aromatic nitrogens is 2. The van der Waals surface area contributed by atoms with Gasteiger partial charge in [-0.2, -0.15) is 0 Å². The second-order valence-electron chi connectivity index (χ2n) is 7.64. The standard InChI is InChI=1S/C22H34N4O/c1-3-22-23-18(2)21(24-22)17-25-13-14-26(20(16-25)11-15-27)12-7-10-19-8-5-4-6-9-19/h4-6,8-9,20,27H,3,7,10-17H2,1-2H3,(H,23,24)/t20-/m0/s1. The van der Waals surface area contributed by atoms with Crippen LogP contribution < -0.4 is 0 Å². The summed E-state index contributed by atoms with van der Waals surface area (Å²) < 4.78 is 0. The van der Waals surface area contributed by atoms with Gasteiger partial charge in [-0.05, 0) is 38.3 Å². The molecule has 2 aromatic rings. The topological polar surface area (TPSA) is 55.4 Å². The number of nitrogens with one attached hydrogen (secondary N) is 1. The van der Waals surface area contributed by atoms with Gasteiger partial charge >= 0.3 is 0 Å². The molecule has 5 heteroatoms. The number of benzene rings is 1. The fourth-order valence-corrected chi connectivity index (χ4v) is 4.05. The minimum absolute atomic E-state index is 0.259. The predicted molar refractivity (Wildman–Crippen MR) is 110 cm³/mol. The van der Waals surface area contributed by atoms with Crippen LogP contribution in [0.2, 0.25) is 0 Å². The van der Waals surface area contributed by atoms with Crippen molar-refractivity contribution in [1.29, 1.82) is 0 Å². The zero-order valence-electron chi connectivity index (χ0n) is 16.8. The molecule has 0 spiro atoms. The highest BCUT2D eigenvalue weighted by Gasteiger charge is 2.27. The molecule has 0 amide bonds. The van der Waals surface area contributed by atoms with Crippen LogP contribution >= 0.6 is 0 Å². The van der Waals surface area contributed by atoms with Gasteiger partial charge in [0.05, 0.1) is 5.69 Å². The van der Waals surface area contributed by atoms with Crippen molar-refractivity contribution < 1.29 is 5.11 Å². The van der Waals surface area contributed by atoms with Gasteiger partial charge in [0.2, 0.25) is 0 Å². The maximum Gasteiger partial charge on any atom is 0.106 e. The molecule has 1 aliphatic heterocycles. The van der Waals surface area contributed by atoms with Crippen molar-refractivity contribution in [2.45, 2.75) is 52.1 Å². The van der Waals surface area contributed by atoms with Crippen molar-refractivity contribution in [1.82, 2.24) is 19.8 Å². The fraction of sp³-hybridized carbons (Fsp3) is 0.591. The molecule has 0 radical (unpaired) electrons. The smallest absolute Gasteiger partial charge is 0.106 e. The second kappa shape index (κ2) is 10.0. The Morgan fingerprint density at radius 1 is 1.22 bits per heavy atom. The Morgan fingerprint density at radius 2 is 2.04 bits per heavy atom. The van der Waals surface area contributed by atoms with E-state index < -0.39 is 0 Å². The van der Waals surface area contributed by atoms with Crippen molar-refractivity contribution in [3.63, 3.8) is 0 Å². The predicted octanol–water partition coefficient (Wildman–Crippen LogP) is 2.78. The van der Waals surface area contributed by atoms with Gasteiger partial charge in [-0.25, -0.2) is 4.98 Å². The largest absolute Gasteiger partial charge is 0.396 e. The summed E-state index contributed by atoms with van der Waals surface area (Å²) in [5.41, 5.74) is 3.78. The molecule has 1 fully saturated rings. The molecule has 3 rings (SSSR count). The number of nitrogens with zero attached hydrogens (tertiary/aromatic N) is 3. The molecule has 0 bridgehead atoms. The van der Waals surface area contributed by atoms with Crippen molar-refractivity contribution in [3.8, 4) is 0 Å². The van der Waals surface area contributed by atoms with Crippen LogP contribution in [-0.2, 0) is 19.4 Å². The number of rotatable bonds is 9. The first-order valence-corrected chi connectivity index (χ1v) is 10.3. The van der Waals surface area contributed by atoms with Crippen LogP contribution in [0.5, 0.6) is 0 Å². The van der Waals surface area contributed by atoms with Gasteiger partial charge in [0.1, 0.15) is 5.82 Å². The average molecular weight is 371 g/mol. The highest BCUT2D eigenvalue weighted by molar-refractivity contribution is 5.15. The molecule has 27 heavy (non-hydrogen) atoms. The van der Waals surface area contributed by atoms with Gasteiger partial charge < -0.3 is 10.1 Å². The number of H-pyrrole nitrogens is 1. The first kappa shape index (κ1) is 20.1. The van der Waals surface area contributed by atoms with E-state index in [1.807, 2.05) is 0 Å². The Labute approximate surface area is 163 Å². The Bertz CT molecular complexity index is 685. The lowest BCUT2D eigenvalue weighted by atomic mass is 10.1. The van der Waals surface area contributed by atoms with Crippen LogP contribution in [0.4, 0.5) is 0 Å². The molecule has 1 aliphatic rings. The molecule has 0 saturated carbocycles. The van der Waals surface area contributed by atoms with E-state index in [0.29, 0.717) is 6.04 Å². The summed E-state index contributed by atoms with van der Waals surface area (Å²) in [5.74, 6) is 1.08. The molecular weight excluding hydrogens is 336 g/mol. The molecule has 0 aliphatic carbocycles. The summed E-state index contributed by atoms with van der Waals surface area (Å²) in [6, 6.07) is 11.2. The molecular formula is C22H34N4O. The molecule has 0 unspecified atom stereocenters. The maximum atomic E-state index is 9.53. The van der Waals surface area contributed by atoms with E-state index in [1.165, 1.54) is 23.4 Å². The molecule has 1 atom stereocenters.